The Labute approximate surface area is 129 Å². The lowest BCUT2D eigenvalue weighted by Gasteiger charge is -2.12. The third kappa shape index (κ3) is 5.53. The molecule has 0 bridgehead atoms. The molecule has 0 atom stereocenters. The van der Waals surface area contributed by atoms with Crippen LogP contribution < -0.4 is 4.74 Å². The first-order valence-electron chi connectivity index (χ1n) is 8.29. The van der Waals surface area contributed by atoms with Crippen molar-refractivity contribution in [2.45, 2.75) is 72.1 Å². The minimum atomic E-state index is 0.212. The van der Waals surface area contributed by atoms with Gasteiger partial charge in [0.25, 0.3) is 0 Å². The van der Waals surface area contributed by atoms with Crippen LogP contribution >= 0.6 is 0 Å². The third-order valence-electron chi connectivity index (χ3n) is 4.19. The number of ketones is 1. The molecule has 0 unspecified atom stereocenters. The van der Waals surface area contributed by atoms with Crippen LogP contribution in [-0.4, -0.2) is 12.9 Å². The molecule has 0 amide bonds. The summed E-state index contributed by atoms with van der Waals surface area (Å²) < 4.78 is 5.43. The van der Waals surface area contributed by atoms with Crippen molar-refractivity contribution >= 4 is 5.78 Å². The summed E-state index contributed by atoms with van der Waals surface area (Å²) in [6, 6.07) is 3.92. The van der Waals surface area contributed by atoms with Gasteiger partial charge >= 0.3 is 0 Å². The van der Waals surface area contributed by atoms with Crippen LogP contribution in [0.5, 0.6) is 5.75 Å². The lowest BCUT2D eigenvalue weighted by molar-refractivity contribution is 0.0976. The molecule has 0 aliphatic heterocycles. The van der Waals surface area contributed by atoms with Gasteiger partial charge in [-0.1, -0.05) is 51.5 Å². The smallest absolute Gasteiger partial charge is 0.166 e. The fourth-order valence-electron chi connectivity index (χ4n) is 2.65. The van der Waals surface area contributed by atoms with Gasteiger partial charge in [0.15, 0.2) is 5.78 Å². The first kappa shape index (κ1) is 17.7. The molecule has 0 aromatic heterocycles. The normalized spacial score (nSPS) is 10.7. The van der Waals surface area contributed by atoms with Crippen molar-refractivity contribution in [2.24, 2.45) is 0 Å². The van der Waals surface area contributed by atoms with Gasteiger partial charge in [-0.15, -0.1) is 0 Å². The first-order chi connectivity index (χ1) is 10.1. The number of unbranched alkanes of at least 4 members (excludes halogenated alkanes) is 6. The predicted molar refractivity (Wildman–Crippen MR) is 89.4 cm³/mol. The van der Waals surface area contributed by atoms with Crippen LogP contribution in [0.25, 0.3) is 0 Å². The fourth-order valence-corrected chi connectivity index (χ4v) is 2.65. The van der Waals surface area contributed by atoms with Crippen LogP contribution in [0.3, 0.4) is 0 Å². The average molecular weight is 290 g/mol. The SMILES string of the molecule is CCCCCCCCCC(=O)c1ccc(C)c(C)c1OC. The summed E-state index contributed by atoms with van der Waals surface area (Å²) in [5, 5.41) is 0. The summed E-state index contributed by atoms with van der Waals surface area (Å²) in [6.07, 6.45) is 9.27. The zero-order valence-corrected chi connectivity index (χ0v) is 14.1. The summed E-state index contributed by atoms with van der Waals surface area (Å²) in [4.78, 5) is 12.3. The van der Waals surface area contributed by atoms with Crippen LogP contribution in [-0.2, 0) is 0 Å². The maximum absolute atomic E-state index is 12.3. The number of rotatable bonds is 10. The molecular weight excluding hydrogens is 260 g/mol. The highest BCUT2D eigenvalue weighted by Crippen LogP contribution is 2.27. The van der Waals surface area contributed by atoms with Crippen molar-refractivity contribution in [3.63, 3.8) is 0 Å². The number of aryl methyl sites for hydroxylation is 1. The number of methoxy groups -OCH3 is 1. The molecule has 0 saturated heterocycles. The molecule has 0 N–H and O–H groups in total. The number of hydrogen-bond acceptors (Lipinski definition) is 2. The molecule has 0 heterocycles. The Morgan fingerprint density at radius 2 is 1.62 bits per heavy atom. The van der Waals surface area contributed by atoms with Crippen LogP contribution in [0, 0.1) is 13.8 Å². The van der Waals surface area contributed by atoms with Gasteiger partial charge in [-0.3, -0.25) is 4.79 Å². The third-order valence-corrected chi connectivity index (χ3v) is 4.19. The van der Waals surface area contributed by atoms with Gasteiger partial charge in [0, 0.05) is 6.42 Å². The summed E-state index contributed by atoms with van der Waals surface area (Å²) in [6.45, 7) is 6.29. The topological polar surface area (TPSA) is 26.3 Å². The lowest BCUT2D eigenvalue weighted by atomic mass is 9.98. The standard InChI is InChI=1S/C19H30O2/c1-5-6-7-8-9-10-11-12-18(20)17-14-13-15(2)16(3)19(17)21-4/h13-14H,5-12H2,1-4H3. The van der Waals surface area contributed by atoms with Crippen molar-refractivity contribution in [3.05, 3.63) is 28.8 Å². The zero-order valence-electron chi connectivity index (χ0n) is 14.1. The largest absolute Gasteiger partial charge is 0.496 e. The van der Waals surface area contributed by atoms with Crippen LogP contribution in [0.4, 0.5) is 0 Å². The van der Waals surface area contributed by atoms with E-state index >= 15 is 0 Å². The fraction of sp³-hybridized carbons (Fsp3) is 0.632. The maximum atomic E-state index is 12.3. The molecule has 1 rings (SSSR count). The van der Waals surface area contributed by atoms with Gasteiger partial charge in [-0.25, -0.2) is 0 Å². The van der Waals surface area contributed by atoms with E-state index in [4.69, 9.17) is 4.74 Å². The first-order valence-corrected chi connectivity index (χ1v) is 8.29. The van der Waals surface area contributed by atoms with Gasteiger partial charge in [-0.2, -0.15) is 0 Å². The van der Waals surface area contributed by atoms with E-state index in [0.717, 1.165) is 29.7 Å². The lowest BCUT2D eigenvalue weighted by Crippen LogP contribution is -2.04. The highest BCUT2D eigenvalue weighted by Gasteiger charge is 2.14. The van der Waals surface area contributed by atoms with Crippen molar-refractivity contribution < 1.29 is 9.53 Å². The summed E-state index contributed by atoms with van der Waals surface area (Å²) in [5.74, 6) is 0.964. The molecule has 0 aliphatic rings. The van der Waals surface area contributed by atoms with E-state index in [1.165, 1.54) is 37.7 Å². The van der Waals surface area contributed by atoms with E-state index in [1.807, 2.05) is 26.0 Å². The summed E-state index contributed by atoms with van der Waals surface area (Å²) in [7, 11) is 1.65. The van der Waals surface area contributed by atoms with Gasteiger partial charge in [0.2, 0.25) is 0 Å². The zero-order chi connectivity index (χ0) is 15.7. The molecular formula is C19H30O2. The van der Waals surface area contributed by atoms with Crippen molar-refractivity contribution in [2.75, 3.05) is 7.11 Å². The summed E-state index contributed by atoms with van der Waals surface area (Å²) in [5.41, 5.74) is 2.98. The van der Waals surface area contributed by atoms with Crippen LogP contribution in [0.2, 0.25) is 0 Å². The molecule has 1 aromatic rings. The van der Waals surface area contributed by atoms with E-state index in [9.17, 15) is 4.79 Å². The maximum Gasteiger partial charge on any atom is 0.166 e. The van der Waals surface area contributed by atoms with Gasteiger partial charge in [0.05, 0.1) is 12.7 Å². The number of hydrogen-bond donors (Lipinski definition) is 0. The summed E-state index contributed by atoms with van der Waals surface area (Å²) >= 11 is 0. The second kappa shape index (κ2) is 9.59. The molecule has 21 heavy (non-hydrogen) atoms. The Bertz CT molecular complexity index is 449. The van der Waals surface area contributed by atoms with E-state index < -0.39 is 0 Å². The number of carbonyl (C=O) groups excluding carboxylic acids is 1. The average Bonchev–Trinajstić information content (AvgIpc) is 2.48. The molecule has 0 saturated carbocycles. The van der Waals surface area contributed by atoms with E-state index in [2.05, 4.69) is 6.92 Å². The van der Waals surface area contributed by atoms with Gasteiger partial charge < -0.3 is 4.74 Å². The Hall–Kier alpha value is -1.31. The van der Waals surface area contributed by atoms with Crippen molar-refractivity contribution in [3.8, 4) is 5.75 Å². The number of carbonyl (C=O) groups is 1. The predicted octanol–water partition coefficient (Wildman–Crippen LogP) is 5.64. The van der Waals surface area contributed by atoms with Crippen LogP contribution in [0.1, 0.15) is 79.8 Å². The molecule has 1 aromatic carbocycles. The Morgan fingerprint density at radius 1 is 1.00 bits per heavy atom. The van der Waals surface area contributed by atoms with Crippen molar-refractivity contribution in [1.29, 1.82) is 0 Å². The molecule has 0 radical (unpaired) electrons. The van der Waals surface area contributed by atoms with E-state index in [0.29, 0.717) is 6.42 Å². The molecule has 0 fully saturated rings. The molecule has 2 nitrogen and oxygen atoms in total. The molecule has 2 heteroatoms. The minimum absolute atomic E-state index is 0.212. The molecule has 118 valence electrons. The Kier molecular flexibility index (Phi) is 8.11. The number of benzene rings is 1. The van der Waals surface area contributed by atoms with E-state index in [1.54, 1.807) is 7.11 Å². The van der Waals surface area contributed by atoms with Gasteiger partial charge in [0.1, 0.15) is 5.75 Å². The second-order valence-corrected chi connectivity index (χ2v) is 5.88. The molecule has 0 aliphatic carbocycles. The van der Waals surface area contributed by atoms with Crippen molar-refractivity contribution in [1.82, 2.24) is 0 Å². The quantitative estimate of drug-likeness (QED) is 0.412. The Morgan fingerprint density at radius 3 is 2.24 bits per heavy atom. The monoisotopic (exact) mass is 290 g/mol. The number of ether oxygens (including phenoxy) is 1. The van der Waals surface area contributed by atoms with Gasteiger partial charge in [-0.05, 0) is 37.5 Å². The highest BCUT2D eigenvalue weighted by atomic mass is 16.5. The molecule has 0 spiro atoms. The Balaban J connectivity index is 2.44. The minimum Gasteiger partial charge on any atom is -0.496 e. The van der Waals surface area contributed by atoms with E-state index in [-0.39, 0.29) is 5.78 Å². The number of Topliss-reactive ketones (excluding diaryl/α,β-unsaturated/α-hetero) is 1. The second-order valence-electron chi connectivity index (χ2n) is 5.88. The van der Waals surface area contributed by atoms with Crippen LogP contribution in [0.15, 0.2) is 12.1 Å². The highest BCUT2D eigenvalue weighted by molar-refractivity contribution is 5.99.